The molecule has 2 aliphatic heterocycles. The minimum absolute atomic E-state index is 0.392. The van der Waals surface area contributed by atoms with Gasteiger partial charge in [0.2, 0.25) is 0 Å². The Hall–Kier alpha value is -1.22. The zero-order chi connectivity index (χ0) is 9.54. The molecule has 0 radical (unpaired) electrons. The monoisotopic (exact) mass is 191 g/mol. The van der Waals surface area contributed by atoms with Gasteiger partial charge in [0.05, 0.1) is 24.9 Å². The lowest BCUT2D eigenvalue weighted by atomic mass is 10.1. The normalized spacial score (nSPS) is 23.4. The Kier molecular flexibility index (Phi) is 1.67. The summed E-state index contributed by atoms with van der Waals surface area (Å²) in [6.07, 6.45) is 0. The topological polar surface area (TPSA) is 30.5 Å². The van der Waals surface area contributed by atoms with Crippen molar-refractivity contribution in [3.63, 3.8) is 0 Å². The first-order chi connectivity index (χ1) is 6.83. The molecule has 1 aromatic carbocycles. The Morgan fingerprint density at radius 1 is 1.29 bits per heavy atom. The molecule has 0 aromatic heterocycles. The smallest absolute Gasteiger partial charge is 0.142 e. The minimum Gasteiger partial charge on any atom is -0.489 e. The van der Waals surface area contributed by atoms with Crippen molar-refractivity contribution in [3.05, 3.63) is 23.3 Å². The van der Waals surface area contributed by atoms with Crippen LogP contribution in [-0.4, -0.2) is 12.6 Å². The Morgan fingerprint density at radius 3 is 2.93 bits per heavy atom. The second kappa shape index (κ2) is 2.89. The quantitative estimate of drug-likeness (QED) is 0.679. The van der Waals surface area contributed by atoms with Crippen LogP contribution < -0.4 is 10.1 Å². The van der Waals surface area contributed by atoms with Gasteiger partial charge in [-0.1, -0.05) is 0 Å². The molecule has 3 rings (SSSR count). The summed E-state index contributed by atoms with van der Waals surface area (Å²) in [5, 5.41) is 3.41. The molecular formula is C11H13NO2. The van der Waals surface area contributed by atoms with Crippen LogP contribution in [0.15, 0.2) is 12.1 Å². The molecule has 0 aliphatic carbocycles. The van der Waals surface area contributed by atoms with Crippen molar-refractivity contribution in [2.45, 2.75) is 26.2 Å². The minimum atomic E-state index is 0.392. The first-order valence-electron chi connectivity index (χ1n) is 4.96. The number of hydrogen-bond acceptors (Lipinski definition) is 3. The molecule has 2 aliphatic rings. The molecule has 3 nitrogen and oxygen atoms in total. The van der Waals surface area contributed by atoms with Crippen molar-refractivity contribution in [1.82, 2.24) is 0 Å². The second-order valence-electron chi connectivity index (χ2n) is 3.97. The van der Waals surface area contributed by atoms with E-state index in [1.807, 2.05) is 0 Å². The molecule has 0 amide bonds. The van der Waals surface area contributed by atoms with E-state index in [1.165, 1.54) is 11.1 Å². The molecule has 0 fully saturated rings. The molecule has 0 bridgehead atoms. The fourth-order valence-corrected chi connectivity index (χ4v) is 1.96. The lowest BCUT2D eigenvalue weighted by Crippen LogP contribution is -2.28. The van der Waals surface area contributed by atoms with Crippen LogP contribution in [0.4, 0.5) is 5.69 Å². The van der Waals surface area contributed by atoms with Gasteiger partial charge < -0.3 is 14.8 Å². The van der Waals surface area contributed by atoms with Crippen molar-refractivity contribution in [1.29, 1.82) is 0 Å². The third-order valence-electron chi connectivity index (χ3n) is 2.71. The van der Waals surface area contributed by atoms with Gasteiger partial charge in [0, 0.05) is 0 Å². The lowest BCUT2D eigenvalue weighted by Gasteiger charge is -2.25. The van der Waals surface area contributed by atoms with Crippen molar-refractivity contribution >= 4 is 5.69 Å². The van der Waals surface area contributed by atoms with Gasteiger partial charge in [0.15, 0.2) is 0 Å². The molecule has 14 heavy (non-hydrogen) atoms. The number of benzene rings is 1. The SMILES string of the molecule is CC1COc2cc3c(cc2N1)COC3. The van der Waals surface area contributed by atoms with Crippen molar-refractivity contribution in [2.24, 2.45) is 0 Å². The summed E-state index contributed by atoms with van der Waals surface area (Å²) in [5.74, 6) is 0.965. The van der Waals surface area contributed by atoms with E-state index in [0.717, 1.165) is 31.3 Å². The van der Waals surface area contributed by atoms with Gasteiger partial charge in [0.1, 0.15) is 12.4 Å². The highest BCUT2D eigenvalue weighted by atomic mass is 16.5. The number of ether oxygens (including phenoxy) is 2. The van der Waals surface area contributed by atoms with E-state index in [1.54, 1.807) is 0 Å². The molecule has 0 saturated carbocycles. The summed E-state index contributed by atoms with van der Waals surface area (Å²) in [7, 11) is 0. The standard InChI is InChI=1S/C11H13NO2/c1-7-4-14-11-3-9-6-13-5-8(9)2-10(11)12-7/h2-3,7,12H,4-6H2,1H3. The summed E-state index contributed by atoms with van der Waals surface area (Å²) in [4.78, 5) is 0. The number of anilines is 1. The van der Waals surface area contributed by atoms with E-state index in [9.17, 15) is 0 Å². The lowest BCUT2D eigenvalue weighted by molar-refractivity contribution is 0.134. The molecule has 3 heteroatoms. The van der Waals surface area contributed by atoms with Crippen molar-refractivity contribution in [2.75, 3.05) is 11.9 Å². The largest absolute Gasteiger partial charge is 0.489 e. The summed E-state index contributed by atoms with van der Waals surface area (Å²) < 4.78 is 11.0. The van der Waals surface area contributed by atoms with E-state index in [2.05, 4.69) is 24.4 Å². The average Bonchev–Trinajstić information content (AvgIpc) is 2.61. The van der Waals surface area contributed by atoms with Crippen LogP contribution in [0.5, 0.6) is 5.75 Å². The van der Waals surface area contributed by atoms with Crippen LogP contribution in [-0.2, 0) is 18.0 Å². The Labute approximate surface area is 83.0 Å². The van der Waals surface area contributed by atoms with E-state index < -0.39 is 0 Å². The highest BCUT2D eigenvalue weighted by molar-refractivity contribution is 5.62. The maximum absolute atomic E-state index is 5.64. The van der Waals surface area contributed by atoms with Crippen LogP contribution >= 0.6 is 0 Å². The summed E-state index contributed by atoms with van der Waals surface area (Å²) >= 11 is 0. The molecular weight excluding hydrogens is 178 g/mol. The predicted octanol–water partition coefficient (Wildman–Crippen LogP) is 1.91. The number of fused-ring (bicyclic) bond motifs is 2. The molecule has 1 unspecified atom stereocenters. The Bertz CT molecular complexity index is 376. The third-order valence-corrected chi connectivity index (χ3v) is 2.71. The fraction of sp³-hybridized carbons (Fsp3) is 0.455. The average molecular weight is 191 g/mol. The van der Waals surface area contributed by atoms with Gasteiger partial charge in [-0.15, -0.1) is 0 Å². The van der Waals surface area contributed by atoms with Crippen molar-refractivity contribution < 1.29 is 9.47 Å². The second-order valence-corrected chi connectivity index (χ2v) is 3.97. The van der Waals surface area contributed by atoms with E-state index in [4.69, 9.17) is 9.47 Å². The number of rotatable bonds is 0. The van der Waals surface area contributed by atoms with Crippen LogP contribution in [0.2, 0.25) is 0 Å². The van der Waals surface area contributed by atoms with Gasteiger partial charge >= 0.3 is 0 Å². The summed E-state index contributed by atoms with van der Waals surface area (Å²) in [6, 6.07) is 4.63. The molecule has 74 valence electrons. The molecule has 0 saturated heterocycles. The van der Waals surface area contributed by atoms with E-state index in [-0.39, 0.29) is 0 Å². The fourth-order valence-electron chi connectivity index (χ4n) is 1.96. The van der Waals surface area contributed by atoms with Gasteiger partial charge in [0.25, 0.3) is 0 Å². The Morgan fingerprint density at radius 2 is 2.07 bits per heavy atom. The van der Waals surface area contributed by atoms with Gasteiger partial charge in [-0.3, -0.25) is 0 Å². The summed E-state index contributed by atoms with van der Waals surface area (Å²) in [5.41, 5.74) is 3.65. The van der Waals surface area contributed by atoms with E-state index >= 15 is 0 Å². The maximum Gasteiger partial charge on any atom is 0.142 e. The zero-order valence-corrected chi connectivity index (χ0v) is 8.17. The number of hydrogen-bond donors (Lipinski definition) is 1. The zero-order valence-electron chi connectivity index (χ0n) is 8.17. The van der Waals surface area contributed by atoms with Gasteiger partial charge in [-0.25, -0.2) is 0 Å². The van der Waals surface area contributed by atoms with Crippen LogP contribution in [0, 0.1) is 0 Å². The third kappa shape index (κ3) is 1.16. The van der Waals surface area contributed by atoms with Crippen molar-refractivity contribution in [3.8, 4) is 5.75 Å². The Balaban J connectivity index is 2.06. The first-order valence-corrected chi connectivity index (χ1v) is 4.96. The van der Waals surface area contributed by atoms with Crippen LogP contribution in [0.25, 0.3) is 0 Å². The predicted molar refractivity (Wildman–Crippen MR) is 53.5 cm³/mol. The first kappa shape index (κ1) is 8.12. The van der Waals surface area contributed by atoms with E-state index in [0.29, 0.717) is 6.04 Å². The molecule has 1 atom stereocenters. The van der Waals surface area contributed by atoms with Crippen LogP contribution in [0.3, 0.4) is 0 Å². The highest BCUT2D eigenvalue weighted by Gasteiger charge is 2.20. The number of nitrogens with one attached hydrogen (secondary N) is 1. The van der Waals surface area contributed by atoms with Crippen LogP contribution in [0.1, 0.15) is 18.1 Å². The molecule has 2 heterocycles. The molecule has 0 spiro atoms. The summed E-state index contributed by atoms with van der Waals surface area (Å²) in [6.45, 7) is 4.32. The van der Waals surface area contributed by atoms with Gasteiger partial charge in [-0.2, -0.15) is 0 Å². The molecule has 1 aromatic rings. The highest BCUT2D eigenvalue weighted by Crippen LogP contribution is 2.34. The van der Waals surface area contributed by atoms with Gasteiger partial charge in [-0.05, 0) is 30.2 Å². The molecule has 1 N–H and O–H groups in total. The maximum atomic E-state index is 5.64.